The summed E-state index contributed by atoms with van der Waals surface area (Å²) in [4.78, 5) is 7.42. The number of alkyl halides is 6. The Balaban J connectivity index is 1.72. The SMILES string of the molecule is C=C(Nc1cc(Cl)ccn1)N1CCN(c2cc(C(F)(F)F)cc(C(F)(F)F)c2)CC1. The molecule has 1 aliphatic rings. The lowest BCUT2D eigenvalue weighted by molar-refractivity contribution is -0.143. The molecule has 0 spiro atoms. The first-order valence-corrected chi connectivity index (χ1v) is 9.18. The first kappa shape index (κ1) is 22.1. The van der Waals surface area contributed by atoms with Crippen molar-refractivity contribution in [3.63, 3.8) is 0 Å². The molecule has 1 fully saturated rings. The van der Waals surface area contributed by atoms with E-state index in [0.29, 0.717) is 29.8 Å². The smallest absolute Gasteiger partial charge is 0.368 e. The van der Waals surface area contributed by atoms with Crippen molar-refractivity contribution in [3.8, 4) is 0 Å². The van der Waals surface area contributed by atoms with Crippen LogP contribution in [0.5, 0.6) is 0 Å². The van der Waals surface area contributed by atoms with Crippen LogP contribution in [-0.4, -0.2) is 36.1 Å². The second-order valence-corrected chi connectivity index (χ2v) is 7.11. The van der Waals surface area contributed by atoms with Crippen LogP contribution in [0.3, 0.4) is 0 Å². The minimum Gasteiger partial charge on any atom is -0.368 e. The van der Waals surface area contributed by atoms with Crippen LogP contribution in [0.2, 0.25) is 5.02 Å². The zero-order valence-electron chi connectivity index (χ0n) is 15.5. The Morgan fingerprint density at radius 2 is 1.50 bits per heavy atom. The number of rotatable bonds is 4. The third-order valence-corrected chi connectivity index (χ3v) is 4.83. The third-order valence-electron chi connectivity index (χ3n) is 4.59. The molecule has 4 nitrogen and oxygen atoms in total. The van der Waals surface area contributed by atoms with Gasteiger partial charge < -0.3 is 15.1 Å². The number of halogens is 7. The molecule has 1 aliphatic heterocycles. The van der Waals surface area contributed by atoms with E-state index in [-0.39, 0.29) is 24.8 Å². The topological polar surface area (TPSA) is 31.4 Å². The Kier molecular flexibility index (Phi) is 6.07. The van der Waals surface area contributed by atoms with Crippen LogP contribution in [-0.2, 0) is 12.4 Å². The van der Waals surface area contributed by atoms with Gasteiger partial charge in [-0.2, -0.15) is 26.3 Å². The highest BCUT2D eigenvalue weighted by Crippen LogP contribution is 2.38. The van der Waals surface area contributed by atoms with E-state index in [1.165, 1.54) is 11.1 Å². The van der Waals surface area contributed by atoms with Crippen molar-refractivity contribution < 1.29 is 26.3 Å². The summed E-state index contributed by atoms with van der Waals surface area (Å²) < 4.78 is 78.5. The molecule has 3 rings (SSSR count). The van der Waals surface area contributed by atoms with Crippen LogP contribution in [0.1, 0.15) is 11.1 Å². The Morgan fingerprint density at radius 3 is 2.00 bits per heavy atom. The van der Waals surface area contributed by atoms with E-state index < -0.39 is 23.5 Å². The summed E-state index contributed by atoms with van der Waals surface area (Å²) in [5.41, 5.74) is -2.77. The monoisotopic (exact) mass is 450 g/mol. The number of piperazine rings is 1. The number of hydrogen-bond donors (Lipinski definition) is 1. The van der Waals surface area contributed by atoms with Gasteiger partial charge in [0.05, 0.1) is 16.9 Å². The van der Waals surface area contributed by atoms with Gasteiger partial charge in [0.1, 0.15) is 5.82 Å². The Labute approximate surface area is 173 Å². The van der Waals surface area contributed by atoms with Gasteiger partial charge in [-0.1, -0.05) is 18.2 Å². The number of pyridine rings is 1. The molecule has 0 unspecified atom stereocenters. The first-order chi connectivity index (χ1) is 13.9. The van der Waals surface area contributed by atoms with E-state index in [1.54, 1.807) is 12.1 Å². The molecule has 1 N–H and O–H groups in total. The summed E-state index contributed by atoms with van der Waals surface area (Å²) in [7, 11) is 0. The zero-order chi connectivity index (χ0) is 22.1. The fourth-order valence-corrected chi connectivity index (χ4v) is 3.22. The number of nitrogens with one attached hydrogen (secondary N) is 1. The van der Waals surface area contributed by atoms with Crippen LogP contribution in [0.4, 0.5) is 37.8 Å². The maximum Gasteiger partial charge on any atom is 0.416 e. The standard InChI is InChI=1S/C19H17ClF6N4/c1-12(28-17-11-15(20)2-3-27-17)29-4-6-30(7-5-29)16-9-13(18(21,22)23)8-14(10-16)19(24,25)26/h2-3,8-11H,1,4-7H2,(H,27,28). The summed E-state index contributed by atoms with van der Waals surface area (Å²) in [5, 5.41) is 3.47. The summed E-state index contributed by atoms with van der Waals surface area (Å²) in [6.07, 6.45) is -8.23. The van der Waals surface area contributed by atoms with Crippen molar-refractivity contribution in [2.24, 2.45) is 0 Å². The molecule has 0 atom stereocenters. The molecular weight excluding hydrogens is 434 g/mol. The minimum atomic E-state index is -4.88. The molecule has 0 saturated carbocycles. The first-order valence-electron chi connectivity index (χ1n) is 8.80. The molecule has 0 radical (unpaired) electrons. The van der Waals surface area contributed by atoms with E-state index in [9.17, 15) is 26.3 Å². The maximum atomic E-state index is 13.1. The lowest BCUT2D eigenvalue weighted by atomic mass is 10.1. The average Bonchev–Trinajstić information content (AvgIpc) is 2.66. The highest BCUT2D eigenvalue weighted by Gasteiger charge is 2.37. The van der Waals surface area contributed by atoms with E-state index in [2.05, 4.69) is 16.9 Å². The quantitative estimate of drug-likeness (QED) is 0.625. The Morgan fingerprint density at radius 1 is 0.933 bits per heavy atom. The minimum absolute atomic E-state index is 0.119. The number of anilines is 2. The van der Waals surface area contributed by atoms with E-state index in [4.69, 9.17) is 11.6 Å². The van der Waals surface area contributed by atoms with Gasteiger partial charge in [-0.3, -0.25) is 0 Å². The third kappa shape index (κ3) is 5.29. The van der Waals surface area contributed by atoms with Crippen LogP contribution in [0.25, 0.3) is 0 Å². The molecule has 11 heteroatoms. The lowest BCUT2D eigenvalue weighted by Crippen LogP contribution is -2.47. The van der Waals surface area contributed by atoms with Crippen LogP contribution in [0, 0.1) is 0 Å². The van der Waals surface area contributed by atoms with Gasteiger partial charge in [-0.25, -0.2) is 4.98 Å². The van der Waals surface area contributed by atoms with Gasteiger partial charge in [-0.15, -0.1) is 0 Å². The van der Waals surface area contributed by atoms with Crippen LogP contribution in [0.15, 0.2) is 48.9 Å². The van der Waals surface area contributed by atoms with Gasteiger partial charge in [0.25, 0.3) is 0 Å². The summed E-state index contributed by atoms with van der Waals surface area (Å²) in [6, 6.07) is 4.83. The molecule has 2 heterocycles. The Hall–Kier alpha value is -2.62. The van der Waals surface area contributed by atoms with Crippen LogP contribution < -0.4 is 10.2 Å². The Bertz CT molecular complexity index is 888. The molecule has 0 amide bonds. The van der Waals surface area contributed by atoms with E-state index in [0.717, 1.165) is 12.1 Å². The van der Waals surface area contributed by atoms with Crippen molar-refractivity contribution in [1.82, 2.24) is 9.88 Å². The molecule has 2 aromatic rings. The van der Waals surface area contributed by atoms with Crippen molar-refractivity contribution in [2.45, 2.75) is 12.4 Å². The number of nitrogens with zero attached hydrogens (tertiary/aromatic N) is 3. The normalized spacial score (nSPS) is 15.3. The van der Waals surface area contributed by atoms with Crippen molar-refractivity contribution >= 4 is 23.1 Å². The number of aromatic nitrogens is 1. The molecule has 0 bridgehead atoms. The molecule has 0 aliphatic carbocycles. The highest BCUT2D eigenvalue weighted by atomic mass is 35.5. The van der Waals surface area contributed by atoms with Crippen molar-refractivity contribution in [1.29, 1.82) is 0 Å². The fraction of sp³-hybridized carbons (Fsp3) is 0.316. The number of hydrogen-bond acceptors (Lipinski definition) is 4. The number of benzene rings is 1. The van der Waals surface area contributed by atoms with E-state index >= 15 is 0 Å². The second-order valence-electron chi connectivity index (χ2n) is 6.67. The molecule has 1 aromatic carbocycles. The maximum absolute atomic E-state index is 13.1. The molecule has 1 saturated heterocycles. The van der Waals surface area contributed by atoms with Gasteiger partial charge in [0.15, 0.2) is 0 Å². The van der Waals surface area contributed by atoms with Crippen molar-refractivity contribution in [3.05, 3.63) is 65.1 Å². The molecule has 30 heavy (non-hydrogen) atoms. The highest BCUT2D eigenvalue weighted by molar-refractivity contribution is 6.30. The van der Waals surface area contributed by atoms with Gasteiger partial charge in [0.2, 0.25) is 0 Å². The predicted octanol–water partition coefficient (Wildman–Crippen LogP) is 5.48. The second kappa shape index (κ2) is 8.25. The van der Waals surface area contributed by atoms with Gasteiger partial charge >= 0.3 is 12.4 Å². The predicted molar refractivity (Wildman–Crippen MR) is 102 cm³/mol. The van der Waals surface area contributed by atoms with Crippen LogP contribution >= 0.6 is 11.6 Å². The summed E-state index contributed by atoms with van der Waals surface area (Å²) in [5.74, 6) is 0.979. The van der Waals surface area contributed by atoms with Gasteiger partial charge in [0, 0.05) is 43.1 Å². The van der Waals surface area contributed by atoms with E-state index in [1.807, 2.05) is 4.90 Å². The molecular formula is C19H17ClF6N4. The fourth-order valence-electron chi connectivity index (χ4n) is 3.06. The zero-order valence-corrected chi connectivity index (χ0v) is 16.2. The largest absolute Gasteiger partial charge is 0.416 e. The summed E-state index contributed by atoms with van der Waals surface area (Å²) in [6.45, 7) is 5.06. The summed E-state index contributed by atoms with van der Waals surface area (Å²) >= 11 is 5.90. The van der Waals surface area contributed by atoms with Crippen molar-refractivity contribution in [2.75, 3.05) is 36.4 Å². The average molecular weight is 451 g/mol. The van der Waals surface area contributed by atoms with Gasteiger partial charge in [-0.05, 0) is 30.3 Å². The lowest BCUT2D eigenvalue weighted by Gasteiger charge is -2.38. The molecule has 1 aromatic heterocycles. The molecule has 162 valence electrons.